The van der Waals surface area contributed by atoms with E-state index >= 15 is 0 Å². The molecule has 0 aliphatic carbocycles. The van der Waals surface area contributed by atoms with Gasteiger partial charge in [0.05, 0.1) is 24.7 Å². The number of aliphatic hydroxyl groups excluding tert-OH is 1. The zero-order valence-corrected chi connectivity index (χ0v) is 13.5. The molecule has 2 aromatic rings. The molecule has 1 aromatic carbocycles. The minimum Gasteiger partial charge on any atom is -0.467 e. The Bertz CT molecular complexity index is 587. The molecule has 1 aliphatic rings. The average Bonchev–Trinajstić information content (AvgIpc) is 3.03. The van der Waals surface area contributed by atoms with Crippen molar-refractivity contribution in [2.24, 2.45) is 0 Å². The Morgan fingerprint density at radius 1 is 1.36 bits per heavy atom. The summed E-state index contributed by atoms with van der Waals surface area (Å²) in [5.41, 5.74) is 1.20. The average molecular weight is 319 g/mol. The molecule has 1 N–H and O–H groups in total. The monoisotopic (exact) mass is 319 g/mol. The van der Waals surface area contributed by atoms with Crippen molar-refractivity contribution in [1.82, 2.24) is 0 Å². The first kappa shape index (κ1) is 15.5. The Balaban J connectivity index is 1.55. The summed E-state index contributed by atoms with van der Waals surface area (Å²) in [5, 5.41) is 10.3. The Labute approximate surface area is 135 Å². The highest BCUT2D eigenvalue weighted by molar-refractivity contribution is 7.99. The van der Waals surface area contributed by atoms with E-state index in [1.54, 1.807) is 6.26 Å². The standard InChI is InChI=1S/C17H21NO3S/c1-13-12-22-17-7-3-2-6-16(17)18(13)9-14(19)10-20-11-15-5-4-8-21-15/h2-8,13-14,19H,9-12H2,1H3. The number of thioether (sulfide) groups is 1. The van der Waals surface area contributed by atoms with Gasteiger partial charge < -0.3 is 19.2 Å². The van der Waals surface area contributed by atoms with Crippen LogP contribution in [0.2, 0.25) is 0 Å². The van der Waals surface area contributed by atoms with Crippen LogP contribution in [0.15, 0.2) is 52.0 Å². The van der Waals surface area contributed by atoms with Crippen LogP contribution in [-0.2, 0) is 11.3 Å². The van der Waals surface area contributed by atoms with Crippen LogP contribution in [0.25, 0.3) is 0 Å². The molecule has 0 spiro atoms. The third-order valence-corrected chi connectivity index (χ3v) is 5.03. The number of rotatable bonds is 6. The summed E-state index contributed by atoms with van der Waals surface area (Å²) in [6.07, 6.45) is 1.10. The zero-order valence-electron chi connectivity index (χ0n) is 12.6. The minimum atomic E-state index is -0.520. The second kappa shape index (κ2) is 7.22. The molecule has 0 saturated carbocycles. The molecule has 22 heavy (non-hydrogen) atoms. The van der Waals surface area contributed by atoms with Gasteiger partial charge in [-0.15, -0.1) is 11.8 Å². The maximum absolute atomic E-state index is 10.3. The van der Waals surface area contributed by atoms with Gasteiger partial charge in [0.1, 0.15) is 12.4 Å². The number of benzene rings is 1. The van der Waals surface area contributed by atoms with Crippen molar-refractivity contribution >= 4 is 17.4 Å². The van der Waals surface area contributed by atoms with E-state index in [1.807, 2.05) is 30.0 Å². The smallest absolute Gasteiger partial charge is 0.129 e. The van der Waals surface area contributed by atoms with Crippen LogP contribution in [0.3, 0.4) is 0 Å². The molecule has 3 rings (SSSR count). The van der Waals surface area contributed by atoms with E-state index in [0.717, 1.165) is 11.5 Å². The van der Waals surface area contributed by atoms with Crippen molar-refractivity contribution in [1.29, 1.82) is 0 Å². The molecular formula is C17H21NO3S. The lowest BCUT2D eigenvalue weighted by Crippen LogP contribution is -2.43. The molecule has 1 aromatic heterocycles. The second-order valence-electron chi connectivity index (χ2n) is 5.53. The van der Waals surface area contributed by atoms with Gasteiger partial charge in [-0.25, -0.2) is 0 Å². The summed E-state index contributed by atoms with van der Waals surface area (Å²) in [7, 11) is 0. The summed E-state index contributed by atoms with van der Waals surface area (Å²) < 4.78 is 10.7. The number of hydrogen-bond acceptors (Lipinski definition) is 5. The van der Waals surface area contributed by atoms with Crippen molar-refractivity contribution in [3.8, 4) is 0 Å². The first-order valence-electron chi connectivity index (χ1n) is 7.50. The molecule has 2 unspecified atom stereocenters. The van der Waals surface area contributed by atoms with E-state index < -0.39 is 6.10 Å². The van der Waals surface area contributed by atoms with Gasteiger partial charge in [-0.1, -0.05) is 12.1 Å². The summed E-state index contributed by atoms with van der Waals surface area (Å²) in [6, 6.07) is 12.5. The van der Waals surface area contributed by atoms with E-state index in [1.165, 1.54) is 10.6 Å². The van der Waals surface area contributed by atoms with Crippen molar-refractivity contribution in [3.05, 3.63) is 48.4 Å². The van der Waals surface area contributed by atoms with Crippen LogP contribution in [0.4, 0.5) is 5.69 Å². The highest BCUT2D eigenvalue weighted by Gasteiger charge is 2.25. The van der Waals surface area contributed by atoms with Crippen molar-refractivity contribution < 1.29 is 14.3 Å². The predicted octanol–water partition coefficient (Wildman–Crippen LogP) is 3.16. The number of para-hydroxylation sites is 1. The van der Waals surface area contributed by atoms with Crippen molar-refractivity contribution in [3.63, 3.8) is 0 Å². The topological polar surface area (TPSA) is 45.8 Å². The second-order valence-corrected chi connectivity index (χ2v) is 6.59. The van der Waals surface area contributed by atoms with Gasteiger partial charge in [0.15, 0.2) is 0 Å². The molecule has 0 amide bonds. The molecule has 1 aliphatic heterocycles. The predicted molar refractivity (Wildman–Crippen MR) is 88.3 cm³/mol. The van der Waals surface area contributed by atoms with Crippen LogP contribution in [0, 0.1) is 0 Å². The number of furan rings is 1. The molecule has 118 valence electrons. The number of hydrogen-bond donors (Lipinski definition) is 1. The fourth-order valence-corrected chi connectivity index (χ4v) is 3.71. The Morgan fingerprint density at radius 2 is 2.23 bits per heavy atom. The lowest BCUT2D eigenvalue weighted by molar-refractivity contribution is 0.0250. The lowest BCUT2D eigenvalue weighted by Gasteiger charge is -2.37. The van der Waals surface area contributed by atoms with Crippen molar-refractivity contribution in [2.75, 3.05) is 23.8 Å². The molecule has 2 atom stereocenters. The fourth-order valence-electron chi connectivity index (χ4n) is 2.60. The number of aliphatic hydroxyl groups is 1. The van der Waals surface area contributed by atoms with E-state index in [4.69, 9.17) is 9.15 Å². The third kappa shape index (κ3) is 3.66. The molecule has 5 heteroatoms. The van der Waals surface area contributed by atoms with Gasteiger partial charge in [-0.05, 0) is 31.2 Å². The van der Waals surface area contributed by atoms with Gasteiger partial charge >= 0.3 is 0 Å². The number of β-amino-alcohol motifs (C(OH)–C–C–N with tert-alkyl or cyclic N) is 1. The summed E-state index contributed by atoms with van der Waals surface area (Å²) >= 11 is 1.88. The summed E-state index contributed by atoms with van der Waals surface area (Å²) in [6.45, 7) is 3.47. The Morgan fingerprint density at radius 3 is 3.05 bits per heavy atom. The number of anilines is 1. The zero-order chi connectivity index (χ0) is 15.4. The maximum Gasteiger partial charge on any atom is 0.129 e. The van der Waals surface area contributed by atoms with Gasteiger partial charge in [0, 0.05) is 23.2 Å². The van der Waals surface area contributed by atoms with Crippen molar-refractivity contribution in [2.45, 2.75) is 30.6 Å². The quantitative estimate of drug-likeness (QED) is 0.886. The summed E-state index contributed by atoms with van der Waals surface area (Å²) in [5.74, 6) is 1.82. The highest BCUT2D eigenvalue weighted by atomic mass is 32.2. The van der Waals surface area contributed by atoms with E-state index in [-0.39, 0.29) is 0 Å². The van der Waals surface area contributed by atoms with E-state index in [0.29, 0.717) is 25.8 Å². The first-order chi connectivity index (χ1) is 10.7. The van der Waals surface area contributed by atoms with Crippen LogP contribution >= 0.6 is 11.8 Å². The third-order valence-electron chi connectivity index (χ3n) is 3.73. The van der Waals surface area contributed by atoms with E-state index in [2.05, 4.69) is 30.0 Å². The van der Waals surface area contributed by atoms with E-state index in [9.17, 15) is 5.11 Å². The molecule has 2 heterocycles. The van der Waals surface area contributed by atoms with Gasteiger partial charge in [-0.2, -0.15) is 0 Å². The van der Waals surface area contributed by atoms with Crippen LogP contribution in [0.1, 0.15) is 12.7 Å². The largest absolute Gasteiger partial charge is 0.467 e. The normalized spacial score (nSPS) is 19.0. The number of nitrogens with zero attached hydrogens (tertiary/aromatic N) is 1. The molecule has 0 bridgehead atoms. The first-order valence-corrected chi connectivity index (χ1v) is 8.49. The van der Waals surface area contributed by atoms with Crippen LogP contribution < -0.4 is 4.90 Å². The molecule has 0 fully saturated rings. The van der Waals surface area contributed by atoms with Gasteiger partial charge in [-0.3, -0.25) is 0 Å². The molecular weight excluding hydrogens is 298 g/mol. The summed E-state index contributed by atoms with van der Waals surface area (Å²) in [4.78, 5) is 3.55. The molecule has 4 nitrogen and oxygen atoms in total. The fraction of sp³-hybridized carbons (Fsp3) is 0.412. The van der Waals surface area contributed by atoms with Gasteiger partial charge in [0.25, 0.3) is 0 Å². The van der Waals surface area contributed by atoms with Crippen LogP contribution in [-0.4, -0.2) is 36.2 Å². The Hall–Kier alpha value is -1.43. The minimum absolute atomic E-state index is 0.305. The Kier molecular flexibility index (Phi) is 5.08. The number of ether oxygens (including phenoxy) is 1. The molecule has 0 saturated heterocycles. The number of fused-ring (bicyclic) bond motifs is 1. The molecule has 0 radical (unpaired) electrons. The van der Waals surface area contributed by atoms with Crippen LogP contribution in [0.5, 0.6) is 0 Å². The SMILES string of the molecule is CC1CSc2ccccc2N1CC(O)COCc1ccco1. The maximum atomic E-state index is 10.3. The lowest BCUT2D eigenvalue weighted by atomic mass is 10.2. The van der Waals surface area contributed by atoms with Gasteiger partial charge in [0.2, 0.25) is 0 Å². The highest BCUT2D eigenvalue weighted by Crippen LogP contribution is 2.37.